The van der Waals surface area contributed by atoms with Crippen LogP contribution in [0.2, 0.25) is 0 Å². The lowest BCUT2D eigenvalue weighted by atomic mass is 9.92. The van der Waals surface area contributed by atoms with Crippen molar-refractivity contribution in [1.29, 1.82) is 0 Å². The Morgan fingerprint density at radius 3 is 2.81 bits per heavy atom. The molecule has 1 N–H and O–H groups in total. The average molecular weight is 221 g/mol. The summed E-state index contributed by atoms with van der Waals surface area (Å²) in [5.74, 6) is -0.907. The van der Waals surface area contributed by atoms with Crippen LogP contribution in [0.5, 0.6) is 0 Å². The highest BCUT2D eigenvalue weighted by Gasteiger charge is 2.39. The summed E-state index contributed by atoms with van der Waals surface area (Å²) in [5.41, 5.74) is -0.673. The Labute approximate surface area is 92.1 Å². The molecule has 84 valence electrons. The third kappa shape index (κ3) is 1.88. The van der Waals surface area contributed by atoms with E-state index in [2.05, 4.69) is 5.32 Å². The zero-order valence-corrected chi connectivity index (χ0v) is 8.78. The van der Waals surface area contributed by atoms with E-state index in [1.165, 1.54) is 19.1 Å². The first kappa shape index (κ1) is 10.6. The Morgan fingerprint density at radius 1 is 1.50 bits per heavy atom. The van der Waals surface area contributed by atoms with E-state index in [4.69, 9.17) is 4.74 Å². The fraction of sp³-hybridized carbons (Fsp3) is 0.364. The maximum Gasteiger partial charge on any atom is 0.307 e. The number of carbonyl (C=O) groups is 3. The summed E-state index contributed by atoms with van der Waals surface area (Å²) in [7, 11) is 0. The lowest BCUT2D eigenvalue weighted by Gasteiger charge is -2.24. The van der Waals surface area contributed by atoms with E-state index in [0.717, 1.165) is 0 Å². The minimum Gasteiger partial charge on any atom is -0.450 e. The third-order valence-corrected chi connectivity index (χ3v) is 2.51. The van der Waals surface area contributed by atoms with Crippen molar-refractivity contribution in [3.05, 3.63) is 23.9 Å². The number of carbonyl (C=O) groups excluding carboxylic acids is 3. The van der Waals surface area contributed by atoms with Crippen molar-refractivity contribution >= 4 is 17.7 Å². The number of rotatable bonds is 1. The van der Waals surface area contributed by atoms with Crippen molar-refractivity contribution in [3.63, 3.8) is 0 Å². The number of esters is 1. The molecule has 16 heavy (non-hydrogen) atoms. The number of hydrogen-bond donors (Lipinski definition) is 1. The molecule has 0 aromatic carbocycles. The summed E-state index contributed by atoms with van der Waals surface area (Å²) < 4.78 is 5.14. The van der Waals surface area contributed by atoms with Crippen molar-refractivity contribution in [3.8, 4) is 0 Å². The van der Waals surface area contributed by atoms with Crippen LogP contribution in [0.25, 0.3) is 0 Å². The molecule has 1 aliphatic heterocycles. The van der Waals surface area contributed by atoms with Crippen LogP contribution in [0, 0.1) is 0 Å². The molecule has 2 aliphatic rings. The minimum atomic E-state index is -0.844. The minimum absolute atomic E-state index is 0.171. The molecule has 1 spiro atoms. The van der Waals surface area contributed by atoms with E-state index in [0.29, 0.717) is 12.8 Å². The molecule has 0 saturated carbocycles. The van der Waals surface area contributed by atoms with Crippen LogP contribution in [-0.4, -0.2) is 23.3 Å². The van der Waals surface area contributed by atoms with Crippen LogP contribution < -0.4 is 5.32 Å². The summed E-state index contributed by atoms with van der Waals surface area (Å²) in [5, 5.41) is 2.43. The number of nitrogens with one attached hydrogen (secondary N) is 1. The predicted octanol–water partition coefficient (Wildman–Crippen LogP) is 0.221. The van der Waals surface area contributed by atoms with Gasteiger partial charge in [0.2, 0.25) is 11.7 Å². The van der Waals surface area contributed by atoms with Crippen LogP contribution in [0.15, 0.2) is 23.9 Å². The van der Waals surface area contributed by atoms with Gasteiger partial charge in [0.25, 0.3) is 0 Å². The van der Waals surface area contributed by atoms with Crippen molar-refractivity contribution in [2.45, 2.75) is 25.4 Å². The molecule has 1 atom stereocenters. The molecular formula is C11H11NO4. The van der Waals surface area contributed by atoms with Gasteiger partial charge in [0.05, 0.1) is 12.1 Å². The second-order valence-corrected chi connectivity index (χ2v) is 3.87. The standard InChI is InChI=1S/C11H11NO4/c1-7(13)12-8-6-11(4-2-9(8)14)5-3-10(15)16-11/h2,4,6H,3,5H2,1H3,(H,12,13)/t11-/m0/s1. The van der Waals surface area contributed by atoms with Gasteiger partial charge in [-0.3, -0.25) is 14.4 Å². The average Bonchev–Trinajstić information content (AvgIpc) is 2.54. The van der Waals surface area contributed by atoms with Gasteiger partial charge in [0.1, 0.15) is 0 Å². The van der Waals surface area contributed by atoms with Gasteiger partial charge in [0, 0.05) is 13.3 Å². The van der Waals surface area contributed by atoms with Gasteiger partial charge in [-0.2, -0.15) is 0 Å². The Balaban J connectivity index is 2.27. The summed E-state index contributed by atoms with van der Waals surface area (Å²) in [4.78, 5) is 33.4. The molecule has 5 heteroatoms. The predicted molar refractivity (Wildman–Crippen MR) is 54.1 cm³/mol. The smallest absolute Gasteiger partial charge is 0.307 e. The lowest BCUT2D eigenvalue weighted by Crippen LogP contribution is -2.33. The normalized spacial score (nSPS) is 27.9. The van der Waals surface area contributed by atoms with Crippen molar-refractivity contribution < 1.29 is 19.1 Å². The van der Waals surface area contributed by atoms with E-state index in [-0.39, 0.29) is 23.4 Å². The van der Waals surface area contributed by atoms with Crippen molar-refractivity contribution in [2.75, 3.05) is 0 Å². The van der Waals surface area contributed by atoms with Crippen LogP contribution in [0.4, 0.5) is 0 Å². The molecule has 1 heterocycles. The second-order valence-electron chi connectivity index (χ2n) is 3.87. The van der Waals surface area contributed by atoms with Gasteiger partial charge < -0.3 is 10.1 Å². The number of ether oxygens (including phenoxy) is 1. The molecule has 5 nitrogen and oxygen atoms in total. The van der Waals surface area contributed by atoms with Gasteiger partial charge in [-0.25, -0.2) is 0 Å². The Morgan fingerprint density at radius 2 is 2.25 bits per heavy atom. The van der Waals surface area contributed by atoms with Gasteiger partial charge in [0.15, 0.2) is 5.60 Å². The monoisotopic (exact) mass is 221 g/mol. The van der Waals surface area contributed by atoms with E-state index in [1.807, 2.05) is 0 Å². The first-order chi connectivity index (χ1) is 7.51. The topological polar surface area (TPSA) is 72.5 Å². The zero-order valence-electron chi connectivity index (χ0n) is 8.78. The molecule has 1 aliphatic carbocycles. The second kappa shape index (κ2) is 3.59. The molecule has 0 bridgehead atoms. The van der Waals surface area contributed by atoms with Gasteiger partial charge in [-0.1, -0.05) is 0 Å². The number of hydrogen-bond acceptors (Lipinski definition) is 4. The molecule has 0 aromatic rings. The highest BCUT2D eigenvalue weighted by molar-refractivity contribution is 6.07. The molecule has 0 unspecified atom stereocenters. The summed E-state index contributed by atoms with van der Waals surface area (Å²) in [6.07, 6.45) is 5.21. The molecule has 1 saturated heterocycles. The molecule has 1 amide bonds. The molecule has 0 radical (unpaired) electrons. The Kier molecular flexibility index (Phi) is 2.38. The van der Waals surface area contributed by atoms with Crippen LogP contribution in [0.3, 0.4) is 0 Å². The van der Waals surface area contributed by atoms with Crippen molar-refractivity contribution in [1.82, 2.24) is 5.32 Å². The fourth-order valence-corrected chi connectivity index (χ4v) is 1.79. The van der Waals surface area contributed by atoms with Crippen LogP contribution in [0.1, 0.15) is 19.8 Å². The summed E-state index contributed by atoms with van der Waals surface area (Å²) in [6, 6.07) is 0. The zero-order chi connectivity index (χ0) is 11.8. The van der Waals surface area contributed by atoms with E-state index in [1.54, 1.807) is 6.08 Å². The highest BCUT2D eigenvalue weighted by Crippen LogP contribution is 2.32. The lowest BCUT2D eigenvalue weighted by molar-refractivity contribution is -0.143. The molecule has 0 aromatic heterocycles. The highest BCUT2D eigenvalue weighted by atomic mass is 16.6. The van der Waals surface area contributed by atoms with E-state index in [9.17, 15) is 14.4 Å². The first-order valence-corrected chi connectivity index (χ1v) is 4.97. The first-order valence-electron chi connectivity index (χ1n) is 4.97. The molecule has 2 rings (SSSR count). The molecular weight excluding hydrogens is 210 g/mol. The summed E-state index contributed by atoms with van der Waals surface area (Å²) in [6.45, 7) is 1.32. The summed E-state index contributed by atoms with van der Waals surface area (Å²) >= 11 is 0. The number of allylic oxidation sites excluding steroid dienone is 1. The van der Waals surface area contributed by atoms with Gasteiger partial charge >= 0.3 is 5.97 Å². The quantitative estimate of drug-likeness (QED) is 0.643. The fourth-order valence-electron chi connectivity index (χ4n) is 1.79. The van der Waals surface area contributed by atoms with Gasteiger partial charge in [-0.05, 0) is 18.2 Å². The molecule has 1 fully saturated rings. The Bertz CT molecular complexity index is 435. The number of amides is 1. The maximum atomic E-state index is 11.4. The maximum absolute atomic E-state index is 11.4. The van der Waals surface area contributed by atoms with E-state index < -0.39 is 5.60 Å². The third-order valence-electron chi connectivity index (χ3n) is 2.51. The van der Waals surface area contributed by atoms with Gasteiger partial charge in [-0.15, -0.1) is 0 Å². The van der Waals surface area contributed by atoms with Crippen LogP contribution >= 0.6 is 0 Å². The van der Waals surface area contributed by atoms with Crippen molar-refractivity contribution in [2.24, 2.45) is 0 Å². The SMILES string of the molecule is CC(=O)NC1=C[C@]2(C=CC1=O)CCC(=O)O2. The van der Waals surface area contributed by atoms with Crippen LogP contribution in [-0.2, 0) is 19.1 Å². The number of ketones is 1. The Hall–Kier alpha value is -1.91. The van der Waals surface area contributed by atoms with E-state index >= 15 is 0 Å². The largest absolute Gasteiger partial charge is 0.450 e.